The highest BCUT2D eigenvalue weighted by Crippen LogP contribution is 2.21. The van der Waals surface area contributed by atoms with Gasteiger partial charge in [0.2, 0.25) is 5.95 Å². The van der Waals surface area contributed by atoms with Crippen molar-refractivity contribution in [1.29, 1.82) is 0 Å². The first-order valence-corrected chi connectivity index (χ1v) is 6.51. The molecular weight excluding hydrogens is 325 g/mol. The molecule has 8 heteroatoms. The van der Waals surface area contributed by atoms with E-state index in [4.69, 9.17) is 16.6 Å². The number of aromatic nitrogens is 2. The minimum atomic E-state index is 0. The molecule has 0 bridgehead atoms. The van der Waals surface area contributed by atoms with Crippen LogP contribution in [0.2, 0.25) is 0 Å². The number of nitrogens with zero attached hydrogens (tertiary/aromatic N) is 2. The molecule has 0 spiro atoms. The minimum Gasteiger partial charge on any atom is -0.395 e. The molecule has 0 fully saturated rings. The Morgan fingerprint density at radius 1 is 1.09 bits per heavy atom. The summed E-state index contributed by atoms with van der Waals surface area (Å²) in [6.45, 7) is 1.09. The summed E-state index contributed by atoms with van der Waals surface area (Å²) in [5.74, 6) is 0.807. The van der Waals surface area contributed by atoms with E-state index in [9.17, 15) is 0 Å². The van der Waals surface area contributed by atoms with Crippen LogP contribution in [-0.4, -0.2) is 34.8 Å². The summed E-state index contributed by atoms with van der Waals surface area (Å²) < 4.78 is 0. The van der Waals surface area contributed by atoms with Gasteiger partial charge < -0.3 is 21.9 Å². The van der Waals surface area contributed by atoms with E-state index in [1.165, 1.54) is 5.56 Å². The third-order valence-electron chi connectivity index (χ3n) is 2.84. The van der Waals surface area contributed by atoms with Crippen molar-refractivity contribution in [3.05, 3.63) is 35.9 Å². The van der Waals surface area contributed by atoms with E-state index in [2.05, 4.69) is 15.3 Å². The largest absolute Gasteiger partial charge is 0.395 e. The quantitative estimate of drug-likeness (QED) is 0.631. The van der Waals surface area contributed by atoms with Gasteiger partial charge in [0.05, 0.1) is 12.3 Å². The summed E-state index contributed by atoms with van der Waals surface area (Å²) in [4.78, 5) is 8.30. The number of aliphatic hydroxyl groups is 1. The molecule has 1 aromatic carbocycles. The monoisotopic (exact) mass is 345 g/mol. The fourth-order valence-electron chi connectivity index (χ4n) is 1.90. The van der Waals surface area contributed by atoms with Crippen LogP contribution in [-0.2, 0) is 6.42 Å². The van der Waals surface area contributed by atoms with E-state index in [0.29, 0.717) is 18.9 Å². The first-order valence-electron chi connectivity index (χ1n) is 6.51. The summed E-state index contributed by atoms with van der Waals surface area (Å²) in [5.41, 5.74) is 14.1. The standard InChI is InChI=1S/C14H19N5O.2ClH/c15-6-5-10-1-3-11(4-2-10)12-9-13(17-7-8-20)19-14(16)18-12;;/h1-4,9,20H,5-8,15H2,(H3,16,17,18,19);2*1H. The van der Waals surface area contributed by atoms with Crippen molar-refractivity contribution in [1.82, 2.24) is 9.97 Å². The second-order valence-electron chi connectivity index (χ2n) is 4.38. The number of aliphatic hydroxyl groups excluding tert-OH is 1. The molecule has 1 heterocycles. The molecule has 2 rings (SSSR count). The number of nitrogen functional groups attached to an aromatic ring is 1. The lowest BCUT2D eigenvalue weighted by atomic mass is 10.1. The molecule has 6 nitrogen and oxygen atoms in total. The smallest absolute Gasteiger partial charge is 0.222 e. The number of rotatable bonds is 6. The Balaban J connectivity index is 0.00000220. The van der Waals surface area contributed by atoms with Crippen molar-refractivity contribution in [2.24, 2.45) is 5.73 Å². The summed E-state index contributed by atoms with van der Waals surface area (Å²) in [6, 6.07) is 9.85. The molecule has 0 saturated heterocycles. The maximum absolute atomic E-state index is 8.82. The molecule has 0 saturated carbocycles. The molecule has 0 atom stereocenters. The molecule has 22 heavy (non-hydrogen) atoms. The minimum absolute atomic E-state index is 0. The predicted molar refractivity (Wildman–Crippen MR) is 94.7 cm³/mol. The second-order valence-corrected chi connectivity index (χ2v) is 4.38. The maximum Gasteiger partial charge on any atom is 0.222 e. The van der Waals surface area contributed by atoms with Gasteiger partial charge in [-0.1, -0.05) is 24.3 Å². The zero-order chi connectivity index (χ0) is 14.4. The van der Waals surface area contributed by atoms with E-state index >= 15 is 0 Å². The Labute approximate surface area is 142 Å². The van der Waals surface area contributed by atoms with Gasteiger partial charge in [-0.3, -0.25) is 0 Å². The molecule has 0 unspecified atom stereocenters. The average molecular weight is 346 g/mol. The number of benzene rings is 1. The van der Waals surface area contributed by atoms with Crippen LogP contribution in [0.3, 0.4) is 0 Å². The molecule has 0 radical (unpaired) electrons. The molecule has 0 aliphatic carbocycles. The van der Waals surface area contributed by atoms with E-state index in [0.717, 1.165) is 17.7 Å². The van der Waals surface area contributed by atoms with Crippen molar-refractivity contribution in [3.63, 3.8) is 0 Å². The zero-order valence-electron chi connectivity index (χ0n) is 12.0. The van der Waals surface area contributed by atoms with Crippen molar-refractivity contribution < 1.29 is 5.11 Å². The van der Waals surface area contributed by atoms with Gasteiger partial charge in [0.15, 0.2) is 0 Å². The van der Waals surface area contributed by atoms with Gasteiger partial charge in [0, 0.05) is 18.2 Å². The second kappa shape index (κ2) is 10.2. The average Bonchev–Trinajstić information content (AvgIpc) is 2.46. The first-order chi connectivity index (χ1) is 9.72. The summed E-state index contributed by atoms with van der Waals surface area (Å²) in [7, 11) is 0. The van der Waals surface area contributed by atoms with E-state index in [1.54, 1.807) is 0 Å². The summed E-state index contributed by atoms with van der Waals surface area (Å²) in [5, 5.41) is 11.8. The SMILES string of the molecule is Cl.Cl.NCCc1ccc(-c2cc(NCCO)nc(N)n2)cc1. The highest BCUT2D eigenvalue weighted by molar-refractivity contribution is 5.85. The number of hydrogen-bond donors (Lipinski definition) is 4. The van der Waals surface area contributed by atoms with Crippen LogP contribution in [0, 0.1) is 0 Å². The van der Waals surface area contributed by atoms with Crippen LogP contribution in [0.1, 0.15) is 5.56 Å². The normalized spacial score (nSPS) is 9.55. The van der Waals surface area contributed by atoms with Crippen LogP contribution in [0.25, 0.3) is 11.3 Å². The highest BCUT2D eigenvalue weighted by Gasteiger charge is 2.05. The lowest BCUT2D eigenvalue weighted by Crippen LogP contribution is -2.09. The number of nitrogens with two attached hydrogens (primary N) is 2. The predicted octanol–water partition coefficient (Wildman–Crippen LogP) is 1.47. The van der Waals surface area contributed by atoms with Crippen molar-refractivity contribution in [2.45, 2.75) is 6.42 Å². The zero-order valence-corrected chi connectivity index (χ0v) is 13.7. The Hall–Kier alpha value is -1.60. The van der Waals surface area contributed by atoms with Gasteiger partial charge in [-0.05, 0) is 18.5 Å². The molecular formula is C14H21Cl2N5O. The topological polar surface area (TPSA) is 110 Å². The van der Waals surface area contributed by atoms with Gasteiger partial charge in [-0.2, -0.15) is 4.98 Å². The van der Waals surface area contributed by atoms with Gasteiger partial charge in [0.1, 0.15) is 5.82 Å². The molecule has 0 amide bonds. The highest BCUT2D eigenvalue weighted by atomic mass is 35.5. The van der Waals surface area contributed by atoms with Crippen molar-refractivity contribution >= 4 is 36.6 Å². The Kier molecular flexibility index (Phi) is 9.44. The van der Waals surface area contributed by atoms with E-state index in [1.807, 2.05) is 30.3 Å². The van der Waals surface area contributed by atoms with E-state index < -0.39 is 0 Å². The molecule has 6 N–H and O–H groups in total. The fourth-order valence-corrected chi connectivity index (χ4v) is 1.90. The lowest BCUT2D eigenvalue weighted by Gasteiger charge is -2.08. The van der Waals surface area contributed by atoms with Crippen molar-refractivity contribution in [3.8, 4) is 11.3 Å². The summed E-state index contributed by atoms with van der Waals surface area (Å²) in [6.07, 6.45) is 0.857. The Morgan fingerprint density at radius 3 is 2.36 bits per heavy atom. The molecule has 2 aromatic rings. The number of nitrogens with one attached hydrogen (secondary N) is 1. The number of hydrogen-bond acceptors (Lipinski definition) is 6. The lowest BCUT2D eigenvalue weighted by molar-refractivity contribution is 0.311. The Bertz CT molecular complexity index is 566. The van der Waals surface area contributed by atoms with Crippen LogP contribution < -0.4 is 16.8 Å². The van der Waals surface area contributed by atoms with Gasteiger partial charge in [-0.25, -0.2) is 4.98 Å². The third kappa shape index (κ3) is 5.65. The van der Waals surface area contributed by atoms with Crippen LogP contribution in [0.15, 0.2) is 30.3 Å². The fraction of sp³-hybridized carbons (Fsp3) is 0.286. The Morgan fingerprint density at radius 2 is 1.77 bits per heavy atom. The van der Waals surface area contributed by atoms with E-state index in [-0.39, 0.29) is 37.4 Å². The van der Waals surface area contributed by atoms with Gasteiger partial charge in [-0.15, -0.1) is 24.8 Å². The summed E-state index contributed by atoms with van der Waals surface area (Å²) >= 11 is 0. The molecule has 122 valence electrons. The van der Waals surface area contributed by atoms with Crippen molar-refractivity contribution in [2.75, 3.05) is 30.7 Å². The molecule has 0 aliphatic rings. The van der Waals surface area contributed by atoms with Gasteiger partial charge in [0.25, 0.3) is 0 Å². The third-order valence-corrected chi connectivity index (χ3v) is 2.84. The first kappa shape index (κ1) is 20.4. The van der Waals surface area contributed by atoms with Crippen LogP contribution >= 0.6 is 24.8 Å². The van der Waals surface area contributed by atoms with Crippen LogP contribution in [0.4, 0.5) is 11.8 Å². The molecule has 1 aromatic heterocycles. The molecule has 0 aliphatic heterocycles. The maximum atomic E-state index is 8.82. The number of halogens is 2. The number of anilines is 2. The van der Waals surface area contributed by atoms with Crippen LogP contribution in [0.5, 0.6) is 0 Å². The van der Waals surface area contributed by atoms with Gasteiger partial charge >= 0.3 is 0 Å².